The average Bonchev–Trinajstić information content (AvgIpc) is 2.90. The molecule has 1 N–H and O–H groups in total. The monoisotopic (exact) mass is 475 g/mol. The molecule has 2 fully saturated rings. The molecule has 186 valence electrons. The van der Waals surface area contributed by atoms with E-state index < -0.39 is 12.0 Å². The van der Waals surface area contributed by atoms with E-state index in [0.29, 0.717) is 19.6 Å². The van der Waals surface area contributed by atoms with E-state index in [1.54, 1.807) is 16.8 Å². The zero-order chi connectivity index (χ0) is 24.8. The van der Waals surface area contributed by atoms with Gasteiger partial charge in [0.15, 0.2) is 0 Å². The third kappa shape index (κ3) is 5.21. The lowest BCUT2D eigenvalue weighted by Crippen LogP contribution is -2.60. The minimum Gasteiger partial charge on any atom is -0.480 e. The maximum Gasteiger partial charge on any atom is 0.328 e. The van der Waals surface area contributed by atoms with Crippen LogP contribution >= 0.6 is 0 Å². The number of carbonyl (C=O) groups is 2. The van der Waals surface area contributed by atoms with Gasteiger partial charge in [-0.1, -0.05) is 86.0 Å². The van der Waals surface area contributed by atoms with Gasteiger partial charge in [0, 0.05) is 37.8 Å². The minimum atomic E-state index is -0.883. The molecule has 2 amide bonds. The van der Waals surface area contributed by atoms with Crippen molar-refractivity contribution in [1.82, 2.24) is 14.7 Å². The van der Waals surface area contributed by atoms with Crippen molar-refractivity contribution in [2.24, 2.45) is 0 Å². The Labute approximate surface area is 208 Å². The van der Waals surface area contributed by atoms with Crippen molar-refractivity contribution in [3.63, 3.8) is 0 Å². The Balaban J connectivity index is 1.56. The normalized spacial score (nSPS) is 20.4. The summed E-state index contributed by atoms with van der Waals surface area (Å²) in [5.41, 5.74) is 3.23. The Morgan fingerprint density at radius 3 is 2.23 bits per heavy atom. The van der Waals surface area contributed by atoms with E-state index in [4.69, 9.17) is 0 Å². The first-order valence-corrected chi connectivity index (χ1v) is 12.7. The maximum atomic E-state index is 13.2. The SMILES string of the molecule is CC=C(N1CCN(C(=O)N(C)Cc2ccccc2)C[C@H]1C(=O)O)C1(c2ccccc2)CCCCC1. The highest BCUT2D eigenvalue weighted by Gasteiger charge is 2.44. The van der Waals surface area contributed by atoms with Crippen LogP contribution in [0.5, 0.6) is 0 Å². The van der Waals surface area contributed by atoms with Crippen molar-refractivity contribution >= 4 is 12.0 Å². The van der Waals surface area contributed by atoms with Gasteiger partial charge < -0.3 is 19.8 Å². The number of hydrogen-bond donors (Lipinski definition) is 1. The smallest absolute Gasteiger partial charge is 0.328 e. The van der Waals surface area contributed by atoms with Crippen LogP contribution in [0.1, 0.15) is 50.2 Å². The number of aliphatic carboxylic acids is 1. The second-order valence-corrected chi connectivity index (χ2v) is 9.80. The van der Waals surface area contributed by atoms with Crippen molar-refractivity contribution in [2.75, 3.05) is 26.7 Å². The second kappa shape index (κ2) is 11.0. The van der Waals surface area contributed by atoms with Gasteiger partial charge in [-0.2, -0.15) is 0 Å². The van der Waals surface area contributed by atoms with Crippen LogP contribution in [0.25, 0.3) is 0 Å². The molecule has 6 nitrogen and oxygen atoms in total. The summed E-state index contributed by atoms with van der Waals surface area (Å²) in [7, 11) is 1.78. The summed E-state index contributed by atoms with van der Waals surface area (Å²) in [6.07, 6.45) is 7.63. The summed E-state index contributed by atoms with van der Waals surface area (Å²) in [6, 6.07) is 19.5. The standard InChI is InChI=1S/C29H37N3O3/c1-3-26(29(17-11-6-12-18-29)24-15-9-5-10-16-24)32-20-19-31(22-25(32)27(33)34)28(35)30(2)21-23-13-7-4-8-14-23/h3-5,7-10,13-16,25H,6,11-12,17-22H2,1-2H3,(H,33,34)/t25-/m0/s1. The summed E-state index contributed by atoms with van der Waals surface area (Å²) in [6.45, 7) is 3.71. The molecule has 1 aliphatic heterocycles. The van der Waals surface area contributed by atoms with Gasteiger partial charge in [-0.15, -0.1) is 0 Å². The van der Waals surface area contributed by atoms with Gasteiger partial charge in [0.05, 0.1) is 6.54 Å². The average molecular weight is 476 g/mol. The number of rotatable bonds is 6. The number of urea groups is 1. The molecule has 1 atom stereocenters. The zero-order valence-electron chi connectivity index (χ0n) is 20.9. The van der Waals surface area contributed by atoms with E-state index in [0.717, 1.165) is 36.9 Å². The molecule has 1 heterocycles. The molecule has 1 aliphatic carbocycles. The molecular weight excluding hydrogens is 438 g/mol. The van der Waals surface area contributed by atoms with E-state index in [1.165, 1.54) is 12.0 Å². The van der Waals surface area contributed by atoms with Crippen LogP contribution in [0.3, 0.4) is 0 Å². The van der Waals surface area contributed by atoms with Crippen LogP contribution in [0.15, 0.2) is 72.4 Å². The predicted molar refractivity (Wildman–Crippen MR) is 138 cm³/mol. The van der Waals surface area contributed by atoms with Gasteiger partial charge in [0.2, 0.25) is 0 Å². The van der Waals surface area contributed by atoms with Crippen molar-refractivity contribution in [3.8, 4) is 0 Å². The van der Waals surface area contributed by atoms with Gasteiger partial charge in [-0.05, 0) is 30.9 Å². The fourth-order valence-electron chi connectivity index (χ4n) is 5.94. The first-order valence-electron chi connectivity index (χ1n) is 12.7. The Morgan fingerprint density at radius 1 is 1.00 bits per heavy atom. The van der Waals surface area contributed by atoms with Crippen LogP contribution < -0.4 is 0 Å². The van der Waals surface area contributed by atoms with Gasteiger partial charge >= 0.3 is 12.0 Å². The zero-order valence-corrected chi connectivity index (χ0v) is 20.9. The molecule has 2 aliphatic rings. The molecule has 2 aromatic rings. The molecule has 35 heavy (non-hydrogen) atoms. The molecule has 1 saturated heterocycles. The van der Waals surface area contributed by atoms with Crippen LogP contribution in [-0.4, -0.2) is 64.5 Å². The first kappa shape index (κ1) is 24.8. The molecule has 0 aromatic heterocycles. The van der Waals surface area contributed by atoms with Gasteiger partial charge in [-0.3, -0.25) is 0 Å². The third-order valence-electron chi connectivity index (χ3n) is 7.63. The summed E-state index contributed by atoms with van der Waals surface area (Å²) < 4.78 is 0. The molecule has 6 heteroatoms. The van der Waals surface area contributed by atoms with Crippen molar-refractivity contribution in [2.45, 2.75) is 57.0 Å². The topological polar surface area (TPSA) is 64.1 Å². The van der Waals surface area contributed by atoms with Gasteiger partial charge in [0.1, 0.15) is 6.04 Å². The Morgan fingerprint density at radius 2 is 1.63 bits per heavy atom. The van der Waals surface area contributed by atoms with Gasteiger partial charge in [0.25, 0.3) is 0 Å². The number of amides is 2. The summed E-state index contributed by atoms with van der Waals surface area (Å²) >= 11 is 0. The lowest BCUT2D eigenvalue weighted by molar-refractivity contribution is -0.144. The number of allylic oxidation sites excluding steroid dienone is 2. The number of nitrogens with zero attached hydrogens (tertiary/aromatic N) is 3. The van der Waals surface area contributed by atoms with Gasteiger partial charge in [-0.25, -0.2) is 9.59 Å². The lowest BCUT2D eigenvalue weighted by Gasteiger charge is -2.50. The van der Waals surface area contributed by atoms with Crippen LogP contribution in [-0.2, 0) is 16.8 Å². The largest absolute Gasteiger partial charge is 0.480 e. The van der Waals surface area contributed by atoms with Crippen molar-refractivity contribution < 1.29 is 14.7 Å². The predicted octanol–water partition coefficient (Wildman–Crippen LogP) is 5.12. The second-order valence-electron chi connectivity index (χ2n) is 9.80. The molecule has 0 spiro atoms. The fraction of sp³-hybridized carbons (Fsp3) is 0.448. The first-order chi connectivity index (χ1) is 17.0. The number of benzene rings is 2. The van der Waals surface area contributed by atoms with Crippen LogP contribution in [0, 0.1) is 0 Å². The van der Waals surface area contributed by atoms with E-state index >= 15 is 0 Å². The minimum absolute atomic E-state index is 0.128. The molecular formula is C29H37N3O3. The number of carbonyl (C=O) groups excluding carboxylic acids is 1. The fourth-order valence-corrected chi connectivity index (χ4v) is 5.94. The summed E-state index contributed by atoms with van der Waals surface area (Å²) in [5.74, 6) is -0.883. The quantitative estimate of drug-likeness (QED) is 0.630. The van der Waals surface area contributed by atoms with E-state index in [-0.39, 0.29) is 18.0 Å². The highest BCUT2D eigenvalue weighted by atomic mass is 16.4. The number of piperazine rings is 1. The number of hydrogen-bond acceptors (Lipinski definition) is 3. The maximum absolute atomic E-state index is 13.2. The third-order valence-corrected chi connectivity index (χ3v) is 7.63. The van der Waals surface area contributed by atoms with E-state index in [2.05, 4.69) is 35.2 Å². The van der Waals surface area contributed by atoms with Crippen LogP contribution in [0.2, 0.25) is 0 Å². The van der Waals surface area contributed by atoms with E-state index in [9.17, 15) is 14.7 Å². The molecule has 0 unspecified atom stereocenters. The van der Waals surface area contributed by atoms with Crippen molar-refractivity contribution in [3.05, 3.63) is 83.6 Å². The lowest BCUT2D eigenvalue weighted by atomic mass is 9.66. The molecule has 2 aromatic carbocycles. The number of carboxylic acids is 1. The van der Waals surface area contributed by atoms with Crippen LogP contribution in [0.4, 0.5) is 4.79 Å². The van der Waals surface area contributed by atoms with Crippen molar-refractivity contribution in [1.29, 1.82) is 0 Å². The molecule has 0 radical (unpaired) electrons. The highest BCUT2D eigenvalue weighted by molar-refractivity contribution is 5.78. The highest BCUT2D eigenvalue weighted by Crippen LogP contribution is 2.47. The number of carboxylic acid groups (broad SMARTS) is 1. The van der Waals surface area contributed by atoms with E-state index in [1.807, 2.05) is 43.3 Å². The Bertz CT molecular complexity index is 1030. The molecule has 1 saturated carbocycles. The molecule has 0 bridgehead atoms. The molecule has 4 rings (SSSR count). The Hall–Kier alpha value is -3.28. The summed E-state index contributed by atoms with van der Waals surface area (Å²) in [5, 5.41) is 10.3. The Kier molecular flexibility index (Phi) is 7.79. The summed E-state index contributed by atoms with van der Waals surface area (Å²) in [4.78, 5) is 31.2.